The molecule has 0 aliphatic rings. The van der Waals surface area contributed by atoms with E-state index in [0.717, 1.165) is 13.1 Å². The van der Waals surface area contributed by atoms with E-state index in [-0.39, 0.29) is 0 Å². The van der Waals surface area contributed by atoms with Gasteiger partial charge in [-0.15, -0.1) is 0 Å². The lowest BCUT2D eigenvalue weighted by atomic mass is 10.2. The number of hydrogen-bond acceptors (Lipinski definition) is 4. The van der Waals surface area contributed by atoms with E-state index in [0.29, 0.717) is 5.88 Å². The number of rotatable bonds is 8. The number of methoxy groups -OCH3 is 1. The number of nitrogens with zero attached hydrogens (tertiary/aromatic N) is 1. The number of ether oxygens (including phenoxy) is 1. The van der Waals surface area contributed by atoms with Crippen LogP contribution in [-0.2, 0) is 6.54 Å². The lowest BCUT2D eigenvalue weighted by Crippen LogP contribution is -2.14. The SMILES string of the molecule is COc1ccc(CNCCCCSC)cn1. The summed E-state index contributed by atoms with van der Waals surface area (Å²) >= 11 is 1.91. The zero-order valence-corrected chi connectivity index (χ0v) is 10.8. The van der Waals surface area contributed by atoms with E-state index in [1.165, 1.54) is 24.2 Å². The first-order valence-corrected chi connectivity index (χ1v) is 6.94. The van der Waals surface area contributed by atoms with Crippen molar-refractivity contribution < 1.29 is 4.74 Å². The Hall–Kier alpha value is -0.740. The van der Waals surface area contributed by atoms with Crippen LogP contribution in [0.2, 0.25) is 0 Å². The molecule has 0 amide bonds. The summed E-state index contributed by atoms with van der Waals surface area (Å²) in [7, 11) is 1.63. The molecule has 0 aliphatic heterocycles. The third-order valence-corrected chi connectivity index (χ3v) is 2.98. The molecule has 0 bridgehead atoms. The number of hydrogen-bond donors (Lipinski definition) is 1. The number of nitrogens with one attached hydrogen (secondary N) is 1. The fourth-order valence-electron chi connectivity index (χ4n) is 1.37. The summed E-state index contributed by atoms with van der Waals surface area (Å²) in [5, 5.41) is 3.41. The van der Waals surface area contributed by atoms with Gasteiger partial charge in [-0.1, -0.05) is 6.07 Å². The van der Waals surface area contributed by atoms with Crippen LogP contribution in [0, 0.1) is 0 Å². The monoisotopic (exact) mass is 240 g/mol. The molecular weight excluding hydrogens is 220 g/mol. The van der Waals surface area contributed by atoms with E-state index < -0.39 is 0 Å². The molecule has 3 nitrogen and oxygen atoms in total. The third-order valence-electron chi connectivity index (χ3n) is 2.29. The van der Waals surface area contributed by atoms with Gasteiger partial charge in [0.25, 0.3) is 0 Å². The van der Waals surface area contributed by atoms with Crippen LogP contribution in [0.25, 0.3) is 0 Å². The first kappa shape index (κ1) is 13.3. The van der Waals surface area contributed by atoms with Crippen LogP contribution in [-0.4, -0.2) is 30.6 Å². The molecule has 1 aromatic heterocycles. The fraction of sp³-hybridized carbons (Fsp3) is 0.583. The van der Waals surface area contributed by atoms with Crippen molar-refractivity contribution in [2.75, 3.05) is 25.7 Å². The Kier molecular flexibility index (Phi) is 7.01. The predicted octanol–water partition coefficient (Wildman–Crippen LogP) is 2.32. The van der Waals surface area contributed by atoms with Crippen molar-refractivity contribution in [3.63, 3.8) is 0 Å². The van der Waals surface area contributed by atoms with E-state index in [4.69, 9.17) is 4.74 Å². The Balaban J connectivity index is 2.12. The van der Waals surface area contributed by atoms with Crippen molar-refractivity contribution >= 4 is 11.8 Å². The zero-order valence-electron chi connectivity index (χ0n) is 10.0. The van der Waals surface area contributed by atoms with Crippen LogP contribution < -0.4 is 10.1 Å². The molecule has 90 valence electrons. The Bertz CT molecular complexity index is 277. The summed E-state index contributed by atoms with van der Waals surface area (Å²) in [5.41, 5.74) is 1.20. The van der Waals surface area contributed by atoms with E-state index in [2.05, 4.69) is 16.6 Å². The number of thioether (sulfide) groups is 1. The van der Waals surface area contributed by atoms with Crippen LogP contribution in [0.4, 0.5) is 0 Å². The summed E-state index contributed by atoms with van der Waals surface area (Å²) in [4.78, 5) is 4.16. The standard InChI is InChI=1S/C12H20N2OS/c1-15-12-6-5-11(10-14-12)9-13-7-3-4-8-16-2/h5-6,10,13H,3-4,7-9H2,1-2H3. The quantitative estimate of drug-likeness (QED) is 0.707. The smallest absolute Gasteiger partial charge is 0.212 e. The Morgan fingerprint density at radius 3 is 2.88 bits per heavy atom. The van der Waals surface area contributed by atoms with E-state index in [9.17, 15) is 0 Å². The van der Waals surface area contributed by atoms with Gasteiger partial charge in [-0.05, 0) is 37.0 Å². The van der Waals surface area contributed by atoms with Crippen molar-refractivity contribution in [2.24, 2.45) is 0 Å². The van der Waals surface area contributed by atoms with E-state index >= 15 is 0 Å². The maximum absolute atomic E-state index is 5.01. The highest BCUT2D eigenvalue weighted by Gasteiger charge is 1.95. The molecule has 4 heteroatoms. The summed E-state index contributed by atoms with van der Waals surface area (Å²) in [5.74, 6) is 1.93. The molecular formula is C12H20N2OS. The first-order chi connectivity index (χ1) is 7.86. The second kappa shape index (κ2) is 8.42. The van der Waals surface area contributed by atoms with Crippen LogP contribution in [0.1, 0.15) is 18.4 Å². The average Bonchev–Trinajstić information content (AvgIpc) is 2.34. The predicted molar refractivity (Wildman–Crippen MR) is 70.1 cm³/mol. The minimum atomic E-state index is 0.670. The Labute approximate surface area is 102 Å². The first-order valence-electron chi connectivity index (χ1n) is 5.55. The van der Waals surface area contributed by atoms with Gasteiger partial charge in [0.05, 0.1) is 7.11 Å². The van der Waals surface area contributed by atoms with Gasteiger partial charge < -0.3 is 10.1 Å². The van der Waals surface area contributed by atoms with Gasteiger partial charge in [0.15, 0.2) is 0 Å². The normalized spacial score (nSPS) is 10.4. The maximum Gasteiger partial charge on any atom is 0.212 e. The Morgan fingerprint density at radius 1 is 1.38 bits per heavy atom. The van der Waals surface area contributed by atoms with Gasteiger partial charge in [-0.25, -0.2) is 4.98 Å². The topological polar surface area (TPSA) is 34.1 Å². The molecule has 0 unspecified atom stereocenters. The molecule has 0 radical (unpaired) electrons. The molecule has 0 aromatic carbocycles. The molecule has 0 saturated heterocycles. The van der Waals surface area contributed by atoms with Crippen LogP contribution in [0.5, 0.6) is 5.88 Å². The summed E-state index contributed by atoms with van der Waals surface area (Å²) in [6.45, 7) is 1.96. The molecule has 0 fully saturated rings. The minimum absolute atomic E-state index is 0.670. The van der Waals surface area contributed by atoms with E-state index in [1.807, 2.05) is 30.1 Å². The second-order valence-electron chi connectivity index (χ2n) is 3.59. The van der Waals surface area contributed by atoms with Gasteiger partial charge >= 0.3 is 0 Å². The molecule has 0 aliphatic carbocycles. The van der Waals surface area contributed by atoms with Crippen molar-refractivity contribution in [1.82, 2.24) is 10.3 Å². The van der Waals surface area contributed by atoms with E-state index in [1.54, 1.807) is 7.11 Å². The summed E-state index contributed by atoms with van der Waals surface area (Å²) in [6.07, 6.45) is 6.53. The van der Waals surface area contributed by atoms with Gasteiger partial charge in [-0.2, -0.15) is 11.8 Å². The molecule has 1 rings (SSSR count). The highest BCUT2D eigenvalue weighted by atomic mass is 32.2. The molecule has 1 N–H and O–H groups in total. The fourth-order valence-corrected chi connectivity index (χ4v) is 1.86. The van der Waals surface area contributed by atoms with Crippen LogP contribution in [0.3, 0.4) is 0 Å². The highest BCUT2D eigenvalue weighted by Crippen LogP contribution is 2.06. The molecule has 16 heavy (non-hydrogen) atoms. The van der Waals surface area contributed by atoms with Crippen molar-refractivity contribution in [2.45, 2.75) is 19.4 Å². The summed E-state index contributed by atoms with van der Waals surface area (Å²) in [6, 6.07) is 3.94. The zero-order chi connectivity index (χ0) is 11.6. The van der Waals surface area contributed by atoms with Gasteiger partial charge in [0.1, 0.15) is 0 Å². The van der Waals surface area contributed by atoms with Crippen LogP contribution >= 0.6 is 11.8 Å². The molecule has 0 saturated carbocycles. The molecule has 1 heterocycles. The van der Waals surface area contributed by atoms with Crippen molar-refractivity contribution in [3.8, 4) is 5.88 Å². The number of aromatic nitrogens is 1. The van der Waals surface area contributed by atoms with Crippen molar-refractivity contribution in [3.05, 3.63) is 23.9 Å². The summed E-state index contributed by atoms with van der Waals surface area (Å²) < 4.78 is 5.01. The van der Waals surface area contributed by atoms with Gasteiger partial charge in [0.2, 0.25) is 5.88 Å². The van der Waals surface area contributed by atoms with Crippen LogP contribution in [0.15, 0.2) is 18.3 Å². The maximum atomic E-state index is 5.01. The Morgan fingerprint density at radius 2 is 2.25 bits per heavy atom. The number of pyridine rings is 1. The van der Waals surface area contributed by atoms with Crippen molar-refractivity contribution in [1.29, 1.82) is 0 Å². The molecule has 0 atom stereocenters. The third kappa shape index (κ3) is 5.37. The van der Waals surface area contributed by atoms with Gasteiger partial charge in [0, 0.05) is 18.8 Å². The lowest BCUT2D eigenvalue weighted by molar-refractivity contribution is 0.397. The highest BCUT2D eigenvalue weighted by molar-refractivity contribution is 7.98. The second-order valence-corrected chi connectivity index (χ2v) is 4.57. The van der Waals surface area contributed by atoms with Gasteiger partial charge in [-0.3, -0.25) is 0 Å². The minimum Gasteiger partial charge on any atom is -0.481 e. The number of unbranched alkanes of at least 4 members (excludes halogenated alkanes) is 1. The largest absolute Gasteiger partial charge is 0.481 e. The molecule has 1 aromatic rings. The average molecular weight is 240 g/mol. The lowest BCUT2D eigenvalue weighted by Gasteiger charge is -2.05. The molecule has 0 spiro atoms.